The van der Waals surface area contributed by atoms with Gasteiger partial charge in [-0.2, -0.15) is 0 Å². The van der Waals surface area contributed by atoms with Crippen molar-refractivity contribution in [2.45, 2.75) is 37.9 Å². The zero-order valence-corrected chi connectivity index (χ0v) is 12.3. The summed E-state index contributed by atoms with van der Waals surface area (Å²) in [7, 11) is 0. The summed E-state index contributed by atoms with van der Waals surface area (Å²) >= 11 is 3.16. The highest BCUT2D eigenvalue weighted by Crippen LogP contribution is 2.37. The summed E-state index contributed by atoms with van der Waals surface area (Å²) in [4.78, 5) is 24.1. The minimum atomic E-state index is -1.05. The lowest BCUT2D eigenvalue weighted by molar-refractivity contribution is -0.244. The van der Waals surface area contributed by atoms with Crippen LogP contribution in [0.25, 0.3) is 6.08 Å². The molecule has 0 aromatic carbocycles. The summed E-state index contributed by atoms with van der Waals surface area (Å²) in [6, 6.07) is 3.32. The molecule has 1 aliphatic carbocycles. The molecule has 3 rings (SSSR count). The van der Waals surface area contributed by atoms with Crippen LogP contribution in [0.5, 0.6) is 0 Å². The van der Waals surface area contributed by atoms with E-state index in [1.807, 2.05) is 0 Å². The van der Waals surface area contributed by atoms with Gasteiger partial charge in [0.1, 0.15) is 11.3 Å². The normalized spacial score (nSPS) is 21.6. The Morgan fingerprint density at radius 2 is 1.70 bits per heavy atom. The first-order chi connectivity index (χ1) is 9.58. The maximum Gasteiger partial charge on any atom is 0.349 e. The van der Waals surface area contributed by atoms with Crippen LogP contribution in [-0.2, 0) is 19.1 Å². The molecule has 1 aromatic heterocycles. The number of halogens is 1. The van der Waals surface area contributed by atoms with Crippen LogP contribution in [0.3, 0.4) is 0 Å². The predicted molar refractivity (Wildman–Crippen MR) is 72.4 cm³/mol. The number of hydrogen-bond acceptors (Lipinski definition) is 5. The van der Waals surface area contributed by atoms with E-state index in [1.54, 1.807) is 12.1 Å². The molecule has 5 nitrogen and oxygen atoms in total. The van der Waals surface area contributed by atoms with Crippen molar-refractivity contribution in [2.75, 3.05) is 0 Å². The van der Waals surface area contributed by atoms with E-state index in [-0.39, 0.29) is 5.57 Å². The third-order valence-electron chi connectivity index (χ3n) is 3.49. The molecule has 0 radical (unpaired) electrons. The van der Waals surface area contributed by atoms with Crippen molar-refractivity contribution in [1.82, 2.24) is 0 Å². The number of furan rings is 1. The van der Waals surface area contributed by atoms with Gasteiger partial charge in [0.2, 0.25) is 0 Å². The first-order valence-corrected chi connectivity index (χ1v) is 7.31. The zero-order valence-electron chi connectivity index (χ0n) is 10.7. The molecule has 1 saturated heterocycles. The minimum absolute atomic E-state index is 0.136. The fourth-order valence-electron chi connectivity index (χ4n) is 2.51. The van der Waals surface area contributed by atoms with E-state index in [1.165, 1.54) is 6.08 Å². The highest BCUT2D eigenvalue weighted by Gasteiger charge is 2.46. The predicted octanol–water partition coefficient (Wildman–Crippen LogP) is 3.19. The lowest BCUT2D eigenvalue weighted by Crippen LogP contribution is -2.47. The van der Waals surface area contributed by atoms with E-state index < -0.39 is 17.7 Å². The summed E-state index contributed by atoms with van der Waals surface area (Å²) in [5, 5.41) is 0. The second kappa shape index (κ2) is 5.09. The highest BCUT2D eigenvalue weighted by atomic mass is 79.9. The van der Waals surface area contributed by atoms with E-state index in [4.69, 9.17) is 13.9 Å². The zero-order chi connectivity index (χ0) is 14.2. The lowest BCUT2D eigenvalue weighted by atomic mass is 9.93. The molecule has 2 aliphatic rings. The number of hydrogen-bond donors (Lipinski definition) is 0. The molecule has 0 amide bonds. The Morgan fingerprint density at radius 1 is 1.05 bits per heavy atom. The summed E-state index contributed by atoms with van der Waals surface area (Å²) in [6.07, 6.45) is 5.34. The molecule has 0 atom stereocenters. The van der Waals surface area contributed by atoms with Gasteiger partial charge < -0.3 is 13.9 Å². The van der Waals surface area contributed by atoms with Gasteiger partial charge in [-0.15, -0.1) is 0 Å². The SMILES string of the molecule is O=C1OC2(CCCCC2)OC(=O)C1=Cc1ccc(Br)o1. The number of carbonyl (C=O) groups is 2. The topological polar surface area (TPSA) is 65.7 Å². The Labute approximate surface area is 124 Å². The third kappa shape index (κ3) is 2.52. The molecule has 0 bridgehead atoms. The van der Waals surface area contributed by atoms with Crippen molar-refractivity contribution in [2.24, 2.45) is 0 Å². The van der Waals surface area contributed by atoms with Crippen molar-refractivity contribution in [3.63, 3.8) is 0 Å². The van der Waals surface area contributed by atoms with E-state index >= 15 is 0 Å². The van der Waals surface area contributed by atoms with Crippen LogP contribution in [-0.4, -0.2) is 17.7 Å². The highest BCUT2D eigenvalue weighted by molar-refractivity contribution is 9.10. The van der Waals surface area contributed by atoms with Gasteiger partial charge in [-0.25, -0.2) is 9.59 Å². The Bertz CT molecular complexity index is 558. The average Bonchev–Trinajstić information content (AvgIpc) is 2.81. The van der Waals surface area contributed by atoms with E-state index in [2.05, 4.69) is 15.9 Å². The molecule has 0 unspecified atom stereocenters. The number of esters is 2. The van der Waals surface area contributed by atoms with Gasteiger partial charge in [-0.05, 0) is 40.9 Å². The van der Waals surface area contributed by atoms with Gasteiger partial charge >= 0.3 is 11.9 Å². The molecule has 6 heteroatoms. The molecule has 1 spiro atoms. The number of ether oxygens (including phenoxy) is 2. The average molecular weight is 341 g/mol. The standard InChI is InChI=1S/C14H13BrO5/c15-11-5-4-9(18-11)8-10-12(16)19-14(20-13(10)17)6-2-1-3-7-14/h4-5,8H,1-3,6-7H2. The van der Waals surface area contributed by atoms with E-state index in [9.17, 15) is 9.59 Å². The summed E-state index contributed by atoms with van der Waals surface area (Å²) in [5.74, 6) is -1.94. The maximum absolute atomic E-state index is 12.0. The first-order valence-electron chi connectivity index (χ1n) is 6.52. The largest absolute Gasteiger partial charge is 0.450 e. The summed E-state index contributed by atoms with van der Waals surface area (Å²) < 4.78 is 16.5. The van der Waals surface area contributed by atoms with Crippen molar-refractivity contribution in [1.29, 1.82) is 0 Å². The van der Waals surface area contributed by atoms with Gasteiger partial charge in [-0.1, -0.05) is 6.42 Å². The molecular formula is C14H13BrO5. The van der Waals surface area contributed by atoms with Crippen LogP contribution < -0.4 is 0 Å². The molecule has 2 fully saturated rings. The van der Waals surface area contributed by atoms with E-state index in [0.717, 1.165) is 19.3 Å². The lowest BCUT2D eigenvalue weighted by Gasteiger charge is -2.38. The monoisotopic (exact) mass is 340 g/mol. The van der Waals surface area contributed by atoms with Crippen molar-refractivity contribution in [3.05, 3.63) is 28.1 Å². The molecule has 2 heterocycles. The van der Waals surface area contributed by atoms with Gasteiger partial charge in [0.05, 0.1) is 0 Å². The quantitative estimate of drug-likeness (QED) is 0.446. The molecular weight excluding hydrogens is 328 g/mol. The van der Waals surface area contributed by atoms with Crippen LogP contribution in [0.15, 0.2) is 26.8 Å². The summed E-state index contributed by atoms with van der Waals surface area (Å²) in [6.45, 7) is 0. The second-order valence-corrected chi connectivity index (χ2v) is 5.73. The van der Waals surface area contributed by atoms with Gasteiger partial charge in [-0.3, -0.25) is 0 Å². The van der Waals surface area contributed by atoms with Gasteiger partial charge in [0.15, 0.2) is 4.67 Å². The van der Waals surface area contributed by atoms with Crippen LogP contribution in [0, 0.1) is 0 Å². The van der Waals surface area contributed by atoms with Gasteiger partial charge in [0.25, 0.3) is 5.79 Å². The second-order valence-electron chi connectivity index (χ2n) is 4.95. The Balaban J connectivity index is 1.84. The van der Waals surface area contributed by atoms with Crippen LogP contribution in [0.1, 0.15) is 37.9 Å². The third-order valence-corrected chi connectivity index (χ3v) is 3.92. The Morgan fingerprint density at radius 3 is 2.25 bits per heavy atom. The fraction of sp³-hybridized carbons (Fsp3) is 0.429. The van der Waals surface area contributed by atoms with E-state index in [0.29, 0.717) is 23.3 Å². The van der Waals surface area contributed by atoms with Crippen molar-refractivity contribution < 1.29 is 23.5 Å². The molecule has 20 heavy (non-hydrogen) atoms. The Kier molecular flexibility index (Phi) is 3.41. The minimum Gasteiger partial charge on any atom is -0.450 e. The molecule has 1 aromatic rings. The van der Waals surface area contributed by atoms with Crippen LogP contribution in [0.2, 0.25) is 0 Å². The number of carbonyl (C=O) groups excluding carboxylic acids is 2. The fourth-order valence-corrected chi connectivity index (χ4v) is 2.83. The van der Waals surface area contributed by atoms with Crippen molar-refractivity contribution >= 4 is 33.9 Å². The van der Waals surface area contributed by atoms with Crippen molar-refractivity contribution in [3.8, 4) is 0 Å². The molecule has 1 aliphatic heterocycles. The van der Waals surface area contributed by atoms with Gasteiger partial charge in [0, 0.05) is 18.9 Å². The number of rotatable bonds is 1. The summed E-state index contributed by atoms with van der Waals surface area (Å²) in [5.41, 5.74) is -0.136. The van der Waals surface area contributed by atoms with Crippen LogP contribution in [0.4, 0.5) is 0 Å². The first kappa shape index (κ1) is 13.4. The molecule has 0 N–H and O–H groups in total. The molecule has 1 saturated carbocycles. The van der Waals surface area contributed by atoms with Crippen LogP contribution >= 0.6 is 15.9 Å². The molecule has 106 valence electrons. The Hall–Kier alpha value is -1.56. The maximum atomic E-state index is 12.0. The smallest absolute Gasteiger partial charge is 0.349 e.